The van der Waals surface area contributed by atoms with Gasteiger partial charge < -0.3 is 5.32 Å². The Morgan fingerprint density at radius 3 is 3.16 bits per heavy atom. The summed E-state index contributed by atoms with van der Waals surface area (Å²) in [6.07, 6.45) is 11.9. The minimum Gasteiger partial charge on any atom is -0.307 e. The molecule has 1 unspecified atom stereocenters. The van der Waals surface area contributed by atoms with Crippen LogP contribution < -0.4 is 5.32 Å². The minimum atomic E-state index is 0.145. The zero-order valence-electron chi connectivity index (χ0n) is 11.5. The van der Waals surface area contributed by atoms with E-state index in [9.17, 15) is 4.79 Å². The van der Waals surface area contributed by atoms with Crippen molar-refractivity contribution >= 4 is 5.78 Å². The fourth-order valence-electron chi connectivity index (χ4n) is 4.95. The fourth-order valence-corrected chi connectivity index (χ4v) is 4.95. The van der Waals surface area contributed by atoms with Crippen LogP contribution in [-0.2, 0) is 4.79 Å². The smallest absolute Gasteiger partial charge is 0.159 e. The van der Waals surface area contributed by atoms with Crippen molar-refractivity contribution in [3.05, 3.63) is 34.9 Å². The maximum Gasteiger partial charge on any atom is 0.159 e. The molecule has 2 heteroatoms. The molecule has 1 fully saturated rings. The van der Waals surface area contributed by atoms with E-state index in [4.69, 9.17) is 0 Å². The Hall–Kier alpha value is -1.15. The van der Waals surface area contributed by atoms with Gasteiger partial charge in [-0.25, -0.2) is 0 Å². The lowest BCUT2D eigenvalue weighted by molar-refractivity contribution is -0.114. The molecule has 1 saturated heterocycles. The van der Waals surface area contributed by atoms with E-state index < -0.39 is 0 Å². The summed E-state index contributed by atoms with van der Waals surface area (Å²) in [5.41, 5.74) is 4.53. The van der Waals surface area contributed by atoms with Crippen LogP contribution in [0.2, 0.25) is 0 Å². The molecule has 2 nitrogen and oxygen atoms in total. The molecule has 0 spiro atoms. The monoisotopic (exact) mass is 255 g/mol. The first-order valence-corrected chi connectivity index (χ1v) is 7.55. The van der Waals surface area contributed by atoms with E-state index in [0.717, 1.165) is 25.3 Å². The topological polar surface area (TPSA) is 29.1 Å². The van der Waals surface area contributed by atoms with Crippen LogP contribution in [-0.4, -0.2) is 17.9 Å². The summed E-state index contributed by atoms with van der Waals surface area (Å²) in [7, 11) is 0. The van der Waals surface area contributed by atoms with E-state index in [-0.39, 0.29) is 11.3 Å². The molecule has 1 heterocycles. The summed E-state index contributed by atoms with van der Waals surface area (Å²) < 4.78 is 0. The van der Waals surface area contributed by atoms with Crippen molar-refractivity contribution in [2.45, 2.75) is 44.6 Å². The highest BCUT2D eigenvalue weighted by Crippen LogP contribution is 2.53. The van der Waals surface area contributed by atoms with Crippen LogP contribution in [0.4, 0.5) is 0 Å². The lowest BCUT2D eigenvalue weighted by Crippen LogP contribution is -2.61. The number of hydrogen-bond acceptors (Lipinski definition) is 2. The summed E-state index contributed by atoms with van der Waals surface area (Å²) in [5.74, 6) is 1.67. The van der Waals surface area contributed by atoms with Crippen molar-refractivity contribution < 1.29 is 4.79 Å². The van der Waals surface area contributed by atoms with Gasteiger partial charge in [0.2, 0.25) is 0 Å². The van der Waals surface area contributed by atoms with Crippen LogP contribution in [0.15, 0.2) is 34.9 Å². The van der Waals surface area contributed by atoms with Crippen molar-refractivity contribution in [3.8, 4) is 0 Å². The van der Waals surface area contributed by atoms with Crippen molar-refractivity contribution in [1.82, 2.24) is 5.32 Å². The lowest BCUT2D eigenvalue weighted by atomic mass is 9.55. The second-order valence-corrected chi connectivity index (χ2v) is 6.70. The van der Waals surface area contributed by atoms with Crippen molar-refractivity contribution in [3.63, 3.8) is 0 Å². The molecule has 3 atom stereocenters. The molecular weight excluding hydrogens is 234 g/mol. The summed E-state index contributed by atoms with van der Waals surface area (Å²) in [4.78, 5) is 11.7. The van der Waals surface area contributed by atoms with E-state index in [1.807, 2.05) is 0 Å². The molecule has 100 valence electrons. The Kier molecular flexibility index (Phi) is 2.41. The van der Waals surface area contributed by atoms with Gasteiger partial charge in [0, 0.05) is 6.42 Å². The molecule has 0 aromatic heterocycles. The van der Waals surface area contributed by atoms with Crippen LogP contribution >= 0.6 is 0 Å². The summed E-state index contributed by atoms with van der Waals surface area (Å²) in [6.45, 7) is 3.39. The van der Waals surface area contributed by atoms with E-state index >= 15 is 0 Å². The second-order valence-electron chi connectivity index (χ2n) is 6.70. The third-order valence-electron chi connectivity index (χ3n) is 5.51. The van der Waals surface area contributed by atoms with Crippen molar-refractivity contribution in [1.29, 1.82) is 0 Å². The van der Waals surface area contributed by atoms with Gasteiger partial charge in [-0.15, -0.1) is 0 Å². The highest BCUT2D eigenvalue weighted by atomic mass is 16.1. The normalized spacial score (nSPS) is 40.7. The van der Waals surface area contributed by atoms with Crippen LogP contribution in [0, 0.1) is 11.8 Å². The summed E-state index contributed by atoms with van der Waals surface area (Å²) in [5, 5.41) is 3.85. The number of allylic oxidation sites excluding steroid dienone is 3. The van der Waals surface area contributed by atoms with Gasteiger partial charge in [-0.05, 0) is 62.6 Å². The standard InChI is InChI=1S/C17H21NO/c1-11-7-12-8-13-9-14(19)4-5-16(13)17(10-11)15(12)3-2-6-18-17/h4-5,7,12,15,18H,2-3,6,8-10H2,1H3/t12?,15-,17-/m1/s1. The zero-order chi connectivity index (χ0) is 13.0. The average molecular weight is 255 g/mol. The number of ketones is 1. The molecule has 0 radical (unpaired) electrons. The van der Waals surface area contributed by atoms with Gasteiger partial charge in [-0.3, -0.25) is 4.79 Å². The first-order chi connectivity index (χ1) is 9.19. The molecular formula is C17H21NO. The van der Waals surface area contributed by atoms with Gasteiger partial charge in [0.25, 0.3) is 0 Å². The predicted octanol–water partition coefficient (Wildman–Crippen LogP) is 2.92. The van der Waals surface area contributed by atoms with Crippen molar-refractivity contribution in [2.75, 3.05) is 6.54 Å². The van der Waals surface area contributed by atoms with Gasteiger partial charge >= 0.3 is 0 Å². The maximum atomic E-state index is 11.7. The molecule has 19 heavy (non-hydrogen) atoms. The Morgan fingerprint density at radius 2 is 2.26 bits per heavy atom. The van der Waals surface area contributed by atoms with Crippen LogP contribution in [0.25, 0.3) is 0 Å². The summed E-state index contributed by atoms with van der Waals surface area (Å²) in [6, 6.07) is 0. The quantitative estimate of drug-likeness (QED) is 0.674. The van der Waals surface area contributed by atoms with E-state index in [1.54, 1.807) is 6.08 Å². The molecule has 0 aromatic carbocycles. The lowest BCUT2D eigenvalue weighted by Gasteiger charge is -2.56. The largest absolute Gasteiger partial charge is 0.307 e. The second kappa shape index (κ2) is 3.92. The van der Waals surface area contributed by atoms with Gasteiger partial charge in [0.1, 0.15) is 0 Å². The summed E-state index contributed by atoms with van der Waals surface area (Å²) >= 11 is 0. The molecule has 0 saturated carbocycles. The Bertz CT molecular complexity index is 539. The number of rotatable bonds is 0. The minimum absolute atomic E-state index is 0.145. The first-order valence-electron chi connectivity index (χ1n) is 7.55. The number of nitrogens with one attached hydrogen (secondary N) is 1. The molecule has 0 amide bonds. The highest BCUT2D eigenvalue weighted by Gasteiger charge is 2.52. The van der Waals surface area contributed by atoms with Gasteiger partial charge in [-0.1, -0.05) is 23.3 Å². The van der Waals surface area contributed by atoms with Crippen LogP contribution in [0.3, 0.4) is 0 Å². The predicted molar refractivity (Wildman–Crippen MR) is 75.7 cm³/mol. The fraction of sp³-hybridized carbons (Fsp3) is 0.588. The highest BCUT2D eigenvalue weighted by molar-refractivity contribution is 5.94. The molecule has 4 aliphatic rings. The number of piperidine rings is 1. The average Bonchev–Trinajstić information content (AvgIpc) is 2.37. The van der Waals surface area contributed by atoms with E-state index in [0.29, 0.717) is 12.3 Å². The number of hydrogen-bond donors (Lipinski definition) is 1. The van der Waals surface area contributed by atoms with Crippen LogP contribution in [0.1, 0.15) is 39.0 Å². The third kappa shape index (κ3) is 1.56. The Labute approximate surface area is 114 Å². The Morgan fingerprint density at radius 1 is 1.37 bits per heavy atom. The van der Waals surface area contributed by atoms with Gasteiger partial charge in [0.05, 0.1) is 5.54 Å². The molecule has 2 bridgehead atoms. The van der Waals surface area contributed by atoms with Gasteiger partial charge in [-0.2, -0.15) is 0 Å². The van der Waals surface area contributed by atoms with Crippen molar-refractivity contribution in [2.24, 2.45) is 11.8 Å². The molecule has 1 aliphatic heterocycles. The Balaban J connectivity index is 1.87. The maximum absolute atomic E-state index is 11.7. The first kappa shape index (κ1) is 11.7. The molecule has 4 rings (SSSR count). The SMILES string of the molecule is CC1=CC2CC3=C(C=CC(=O)C3)[C@]3(C1)NCCC[C@H]23. The zero-order valence-corrected chi connectivity index (χ0v) is 11.5. The molecule has 0 aromatic rings. The number of carbonyl (C=O) groups excluding carboxylic acids is 1. The molecule has 1 N–H and O–H groups in total. The number of carbonyl (C=O) groups is 1. The van der Waals surface area contributed by atoms with Crippen LogP contribution in [0.5, 0.6) is 0 Å². The van der Waals surface area contributed by atoms with E-state index in [2.05, 4.69) is 24.4 Å². The van der Waals surface area contributed by atoms with Gasteiger partial charge in [0.15, 0.2) is 5.78 Å². The molecule has 3 aliphatic carbocycles. The van der Waals surface area contributed by atoms with E-state index in [1.165, 1.54) is 29.6 Å². The third-order valence-corrected chi connectivity index (χ3v) is 5.51.